The molecule has 6 heteroatoms. The van der Waals surface area contributed by atoms with Gasteiger partial charge in [0.2, 0.25) is 0 Å². The highest BCUT2D eigenvalue weighted by Crippen LogP contribution is 2.19. The molecule has 2 rings (SSSR count). The Kier molecular flexibility index (Phi) is 4.31. The Morgan fingerprint density at radius 3 is 2.11 bits per heavy atom. The standard InChI is InChI=1S/C13H12INO3S/c1-18-12-6-8-13(9-7-12)19(16,17)15-11-4-2-10(14)3-5-11/h2-9,15H,1H3. The van der Waals surface area contributed by atoms with Crippen molar-refractivity contribution in [1.29, 1.82) is 0 Å². The lowest BCUT2D eigenvalue weighted by molar-refractivity contribution is 0.414. The topological polar surface area (TPSA) is 55.4 Å². The van der Waals surface area contributed by atoms with Crippen LogP contribution in [0, 0.1) is 3.57 Å². The molecule has 0 saturated carbocycles. The van der Waals surface area contributed by atoms with E-state index in [1.807, 2.05) is 12.1 Å². The predicted molar refractivity (Wildman–Crippen MR) is 83.0 cm³/mol. The van der Waals surface area contributed by atoms with Crippen molar-refractivity contribution in [1.82, 2.24) is 0 Å². The molecule has 0 fully saturated rings. The van der Waals surface area contributed by atoms with Gasteiger partial charge in [0.15, 0.2) is 0 Å². The molecule has 2 aromatic carbocycles. The number of rotatable bonds is 4. The SMILES string of the molecule is COc1ccc(S(=O)(=O)Nc2ccc(I)cc2)cc1. The second-order valence-corrected chi connectivity index (χ2v) is 6.72. The van der Waals surface area contributed by atoms with Crippen molar-refractivity contribution in [2.24, 2.45) is 0 Å². The van der Waals surface area contributed by atoms with Crippen molar-refractivity contribution in [3.05, 3.63) is 52.1 Å². The molecule has 4 nitrogen and oxygen atoms in total. The molecule has 0 heterocycles. The third-order valence-electron chi connectivity index (χ3n) is 2.47. The van der Waals surface area contributed by atoms with Crippen molar-refractivity contribution in [2.45, 2.75) is 4.90 Å². The summed E-state index contributed by atoms with van der Waals surface area (Å²) in [5.41, 5.74) is 0.538. The van der Waals surface area contributed by atoms with Gasteiger partial charge in [-0.25, -0.2) is 8.42 Å². The molecular weight excluding hydrogens is 377 g/mol. The van der Waals surface area contributed by atoms with Crippen LogP contribution < -0.4 is 9.46 Å². The summed E-state index contributed by atoms with van der Waals surface area (Å²) in [4.78, 5) is 0.201. The van der Waals surface area contributed by atoms with Crippen molar-refractivity contribution in [3.63, 3.8) is 0 Å². The molecule has 0 unspecified atom stereocenters. The van der Waals surface area contributed by atoms with Crippen LogP contribution >= 0.6 is 22.6 Å². The number of sulfonamides is 1. The summed E-state index contributed by atoms with van der Waals surface area (Å²) in [5.74, 6) is 0.619. The minimum atomic E-state index is -3.56. The Labute approximate surface area is 126 Å². The normalized spacial score (nSPS) is 11.1. The van der Waals surface area contributed by atoms with Crippen molar-refractivity contribution in [3.8, 4) is 5.75 Å². The monoisotopic (exact) mass is 389 g/mol. The number of hydrogen-bond acceptors (Lipinski definition) is 3. The van der Waals surface area contributed by atoms with Gasteiger partial charge in [-0.3, -0.25) is 4.72 Å². The number of nitrogens with one attached hydrogen (secondary N) is 1. The number of hydrogen-bond donors (Lipinski definition) is 1. The second kappa shape index (κ2) is 5.79. The molecule has 100 valence electrons. The number of methoxy groups -OCH3 is 1. The molecule has 0 atom stereocenters. The largest absolute Gasteiger partial charge is 0.497 e. The molecule has 2 aromatic rings. The minimum Gasteiger partial charge on any atom is -0.497 e. The third-order valence-corrected chi connectivity index (χ3v) is 4.58. The van der Waals surface area contributed by atoms with Gasteiger partial charge in [-0.2, -0.15) is 0 Å². The van der Waals surface area contributed by atoms with E-state index in [9.17, 15) is 8.42 Å². The summed E-state index contributed by atoms with van der Waals surface area (Å²) >= 11 is 2.16. The highest BCUT2D eigenvalue weighted by molar-refractivity contribution is 14.1. The number of benzene rings is 2. The lowest BCUT2D eigenvalue weighted by Gasteiger charge is -2.08. The van der Waals surface area contributed by atoms with Crippen LogP contribution in [0.25, 0.3) is 0 Å². The summed E-state index contributed by atoms with van der Waals surface area (Å²) in [6.45, 7) is 0. The quantitative estimate of drug-likeness (QED) is 0.818. The first-order valence-electron chi connectivity index (χ1n) is 5.44. The van der Waals surface area contributed by atoms with Gasteiger partial charge in [0.05, 0.1) is 12.0 Å². The fraction of sp³-hybridized carbons (Fsp3) is 0.0769. The van der Waals surface area contributed by atoms with Crippen LogP contribution in [0.15, 0.2) is 53.4 Å². The Balaban J connectivity index is 2.24. The van der Waals surface area contributed by atoms with Crippen LogP contribution in [0.2, 0.25) is 0 Å². The van der Waals surface area contributed by atoms with E-state index in [1.165, 1.54) is 19.2 Å². The number of anilines is 1. The number of ether oxygens (including phenoxy) is 1. The van der Waals surface area contributed by atoms with E-state index in [-0.39, 0.29) is 4.90 Å². The van der Waals surface area contributed by atoms with Gasteiger partial charge in [-0.05, 0) is 71.1 Å². The third kappa shape index (κ3) is 3.60. The molecule has 0 amide bonds. The molecule has 1 N–H and O–H groups in total. The maximum Gasteiger partial charge on any atom is 0.261 e. The fourth-order valence-electron chi connectivity index (χ4n) is 1.49. The number of halogens is 1. The Morgan fingerprint density at radius 1 is 1.00 bits per heavy atom. The first kappa shape index (κ1) is 14.1. The maximum absolute atomic E-state index is 12.1. The van der Waals surface area contributed by atoms with Crippen LogP contribution in [-0.2, 0) is 10.0 Å². The fourth-order valence-corrected chi connectivity index (χ4v) is 2.91. The van der Waals surface area contributed by atoms with Gasteiger partial charge in [0.1, 0.15) is 5.75 Å². The molecule has 0 aromatic heterocycles. The molecule has 0 aliphatic rings. The van der Waals surface area contributed by atoms with E-state index in [0.29, 0.717) is 11.4 Å². The maximum atomic E-state index is 12.1. The highest BCUT2D eigenvalue weighted by atomic mass is 127. The molecule has 0 spiro atoms. The van der Waals surface area contributed by atoms with E-state index >= 15 is 0 Å². The van der Waals surface area contributed by atoms with Crippen LogP contribution in [0.1, 0.15) is 0 Å². The van der Waals surface area contributed by atoms with E-state index in [1.54, 1.807) is 24.3 Å². The van der Waals surface area contributed by atoms with Crippen LogP contribution in [0.4, 0.5) is 5.69 Å². The zero-order chi connectivity index (χ0) is 13.9. The molecule has 0 aliphatic heterocycles. The van der Waals surface area contributed by atoms with Crippen molar-refractivity contribution in [2.75, 3.05) is 11.8 Å². The summed E-state index contributed by atoms with van der Waals surface area (Å²) < 4.78 is 32.8. The molecule has 0 radical (unpaired) electrons. The lowest BCUT2D eigenvalue weighted by atomic mass is 10.3. The lowest BCUT2D eigenvalue weighted by Crippen LogP contribution is -2.12. The zero-order valence-electron chi connectivity index (χ0n) is 10.1. The molecular formula is C13H12INO3S. The van der Waals surface area contributed by atoms with Gasteiger partial charge in [0.25, 0.3) is 10.0 Å². The summed E-state index contributed by atoms with van der Waals surface area (Å²) in [5, 5.41) is 0. The van der Waals surface area contributed by atoms with Gasteiger partial charge >= 0.3 is 0 Å². The molecule has 0 bridgehead atoms. The average Bonchev–Trinajstić information content (AvgIpc) is 2.41. The van der Waals surface area contributed by atoms with Crippen LogP contribution in [0.3, 0.4) is 0 Å². The Hall–Kier alpha value is -1.28. The van der Waals surface area contributed by atoms with Gasteiger partial charge < -0.3 is 4.74 Å². The van der Waals surface area contributed by atoms with Gasteiger partial charge in [0, 0.05) is 9.26 Å². The first-order chi connectivity index (χ1) is 9.01. The average molecular weight is 389 g/mol. The van der Waals surface area contributed by atoms with E-state index < -0.39 is 10.0 Å². The van der Waals surface area contributed by atoms with E-state index in [2.05, 4.69) is 27.3 Å². The summed E-state index contributed by atoms with van der Waals surface area (Å²) in [6.07, 6.45) is 0. The van der Waals surface area contributed by atoms with E-state index in [0.717, 1.165) is 3.57 Å². The van der Waals surface area contributed by atoms with Crippen LogP contribution in [-0.4, -0.2) is 15.5 Å². The van der Waals surface area contributed by atoms with Crippen molar-refractivity contribution >= 4 is 38.3 Å². The summed E-state index contributed by atoms with van der Waals surface area (Å²) in [7, 11) is -2.02. The van der Waals surface area contributed by atoms with E-state index in [4.69, 9.17) is 4.74 Å². The Bertz CT molecular complexity index is 651. The zero-order valence-corrected chi connectivity index (χ0v) is 13.1. The van der Waals surface area contributed by atoms with Gasteiger partial charge in [-0.15, -0.1) is 0 Å². The van der Waals surface area contributed by atoms with Gasteiger partial charge in [-0.1, -0.05) is 0 Å². The first-order valence-corrected chi connectivity index (χ1v) is 8.00. The molecule has 0 aliphatic carbocycles. The highest BCUT2D eigenvalue weighted by Gasteiger charge is 2.13. The predicted octanol–water partition coefficient (Wildman–Crippen LogP) is 3.10. The second-order valence-electron chi connectivity index (χ2n) is 3.79. The Morgan fingerprint density at radius 2 is 1.58 bits per heavy atom. The minimum absolute atomic E-state index is 0.201. The van der Waals surface area contributed by atoms with Crippen molar-refractivity contribution < 1.29 is 13.2 Å². The smallest absolute Gasteiger partial charge is 0.261 e. The molecule has 19 heavy (non-hydrogen) atoms. The van der Waals surface area contributed by atoms with Crippen LogP contribution in [0.5, 0.6) is 5.75 Å². The molecule has 0 saturated heterocycles. The summed E-state index contributed by atoms with van der Waals surface area (Å²) in [6, 6.07) is 13.4.